The second-order valence-electron chi connectivity index (χ2n) is 8.06. The monoisotopic (exact) mass is 409 g/mol. The van der Waals surface area contributed by atoms with Crippen LogP contribution in [0.5, 0.6) is 0 Å². The minimum Gasteiger partial charge on any atom is -0.325 e. The molecule has 0 aliphatic heterocycles. The van der Waals surface area contributed by atoms with Crippen LogP contribution in [0.1, 0.15) is 49.1 Å². The summed E-state index contributed by atoms with van der Waals surface area (Å²) in [6.07, 6.45) is 7.92. The maximum Gasteiger partial charge on any atom is 0.262 e. The number of hydrogen-bond donors (Lipinski definition) is 1. The molecule has 0 saturated carbocycles. The molecule has 0 radical (unpaired) electrons. The van der Waals surface area contributed by atoms with Crippen LogP contribution in [0.2, 0.25) is 0 Å². The first-order chi connectivity index (χ1) is 14.0. The predicted molar refractivity (Wildman–Crippen MR) is 119 cm³/mol. The number of unbranched alkanes of at least 4 members (excludes halogenated alkanes) is 1. The fourth-order valence-electron chi connectivity index (χ4n) is 3.97. The van der Waals surface area contributed by atoms with E-state index in [9.17, 15) is 9.59 Å². The molecule has 6 heteroatoms. The van der Waals surface area contributed by atoms with Gasteiger partial charge in [0.15, 0.2) is 0 Å². The van der Waals surface area contributed by atoms with E-state index in [4.69, 9.17) is 0 Å². The second kappa shape index (κ2) is 8.49. The van der Waals surface area contributed by atoms with Crippen molar-refractivity contribution in [1.29, 1.82) is 0 Å². The van der Waals surface area contributed by atoms with Crippen LogP contribution in [0, 0.1) is 5.92 Å². The van der Waals surface area contributed by atoms with Crippen LogP contribution in [0.4, 0.5) is 5.69 Å². The van der Waals surface area contributed by atoms with Gasteiger partial charge in [-0.05, 0) is 61.3 Å². The lowest BCUT2D eigenvalue weighted by molar-refractivity contribution is -0.116. The molecule has 29 heavy (non-hydrogen) atoms. The van der Waals surface area contributed by atoms with E-state index in [0.29, 0.717) is 11.3 Å². The largest absolute Gasteiger partial charge is 0.325 e. The number of carbonyl (C=O) groups is 1. The highest BCUT2D eigenvalue weighted by Crippen LogP contribution is 2.35. The third kappa shape index (κ3) is 4.27. The predicted octanol–water partition coefficient (Wildman–Crippen LogP) is 4.56. The summed E-state index contributed by atoms with van der Waals surface area (Å²) in [5.41, 5.74) is 3.07. The van der Waals surface area contributed by atoms with Crippen molar-refractivity contribution in [3.8, 4) is 0 Å². The number of aryl methyl sites for hydroxylation is 2. The van der Waals surface area contributed by atoms with Crippen LogP contribution in [-0.4, -0.2) is 15.5 Å². The van der Waals surface area contributed by atoms with Gasteiger partial charge in [0, 0.05) is 10.6 Å². The highest BCUT2D eigenvalue weighted by Gasteiger charge is 2.23. The normalized spacial score (nSPS) is 16.0. The van der Waals surface area contributed by atoms with Gasteiger partial charge in [-0.15, -0.1) is 11.3 Å². The minimum atomic E-state index is -0.215. The molecule has 0 bridgehead atoms. The molecule has 3 aromatic rings. The Hall–Kier alpha value is -2.47. The highest BCUT2D eigenvalue weighted by atomic mass is 32.1. The molecule has 1 aliphatic rings. The van der Waals surface area contributed by atoms with Crippen molar-refractivity contribution < 1.29 is 4.79 Å². The van der Waals surface area contributed by atoms with Gasteiger partial charge >= 0.3 is 0 Å². The summed E-state index contributed by atoms with van der Waals surface area (Å²) in [6.45, 7) is 4.40. The number of thiophene rings is 1. The molecule has 1 aromatic carbocycles. The van der Waals surface area contributed by atoms with Gasteiger partial charge in [-0.3, -0.25) is 14.2 Å². The fraction of sp³-hybridized carbons (Fsp3) is 0.435. The zero-order chi connectivity index (χ0) is 20.4. The zero-order valence-corrected chi connectivity index (χ0v) is 17.8. The number of amides is 1. The standard InChI is InChI=1S/C23H27N3O2S/c1-3-4-5-16-7-9-17(10-8-16)25-20(27)13-26-14-24-22-21(23(26)28)18-11-6-15(2)12-19(18)29-22/h7-10,14-15H,3-6,11-13H2,1-2H3,(H,25,27). The van der Waals surface area contributed by atoms with Crippen molar-refractivity contribution in [2.75, 3.05) is 5.32 Å². The fourth-order valence-corrected chi connectivity index (χ4v) is 5.31. The van der Waals surface area contributed by atoms with Crippen molar-refractivity contribution in [3.63, 3.8) is 0 Å². The number of nitrogens with zero attached hydrogens (tertiary/aromatic N) is 2. The molecule has 0 saturated heterocycles. The van der Waals surface area contributed by atoms with Crippen molar-refractivity contribution >= 4 is 33.1 Å². The summed E-state index contributed by atoms with van der Waals surface area (Å²) in [6, 6.07) is 7.93. The molecule has 1 aliphatic carbocycles. The SMILES string of the molecule is CCCCc1ccc(NC(=O)Cn2cnc3sc4c(c3c2=O)CCC(C)C4)cc1. The first-order valence-corrected chi connectivity index (χ1v) is 11.2. The number of hydrogen-bond acceptors (Lipinski definition) is 4. The van der Waals surface area contributed by atoms with Crippen LogP contribution < -0.4 is 10.9 Å². The summed E-state index contributed by atoms with van der Waals surface area (Å²) in [5, 5.41) is 3.60. The first-order valence-electron chi connectivity index (χ1n) is 10.4. The number of anilines is 1. The van der Waals surface area contributed by atoms with Crippen molar-refractivity contribution in [1.82, 2.24) is 9.55 Å². The Labute approximate surface area is 174 Å². The topological polar surface area (TPSA) is 64.0 Å². The molecule has 152 valence electrons. The molecular weight excluding hydrogens is 382 g/mol. The molecule has 1 N–H and O–H groups in total. The number of aromatic nitrogens is 2. The van der Waals surface area contributed by atoms with Gasteiger partial charge in [-0.2, -0.15) is 0 Å². The Morgan fingerprint density at radius 2 is 2.10 bits per heavy atom. The van der Waals surface area contributed by atoms with Crippen LogP contribution in [0.3, 0.4) is 0 Å². The van der Waals surface area contributed by atoms with Gasteiger partial charge in [-0.1, -0.05) is 32.4 Å². The van der Waals surface area contributed by atoms with Gasteiger partial charge < -0.3 is 5.32 Å². The Morgan fingerprint density at radius 3 is 2.86 bits per heavy atom. The molecule has 0 spiro atoms. The van der Waals surface area contributed by atoms with E-state index in [1.54, 1.807) is 11.3 Å². The van der Waals surface area contributed by atoms with Crippen molar-refractivity contribution in [2.45, 2.75) is 58.9 Å². The van der Waals surface area contributed by atoms with Gasteiger partial charge in [0.2, 0.25) is 5.91 Å². The highest BCUT2D eigenvalue weighted by molar-refractivity contribution is 7.18. The zero-order valence-electron chi connectivity index (χ0n) is 17.0. The second-order valence-corrected chi connectivity index (χ2v) is 9.14. The summed E-state index contributed by atoms with van der Waals surface area (Å²) in [4.78, 5) is 32.1. The molecule has 0 fully saturated rings. The summed E-state index contributed by atoms with van der Waals surface area (Å²) in [5.74, 6) is 0.434. The first kappa shape index (κ1) is 19.8. The van der Waals surface area contributed by atoms with E-state index in [1.165, 1.54) is 21.3 Å². The Morgan fingerprint density at radius 1 is 1.31 bits per heavy atom. The number of nitrogens with one attached hydrogen (secondary N) is 1. The van der Waals surface area contributed by atoms with E-state index >= 15 is 0 Å². The maximum absolute atomic E-state index is 13.0. The molecule has 5 nitrogen and oxygen atoms in total. The lowest BCUT2D eigenvalue weighted by atomic mass is 9.89. The molecule has 2 aromatic heterocycles. The quantitative estimate of drug-likeness (QED) is 0.649. The summed E-state index contributed by atoms with van der Waals surface area (Å²) < 4.78 is 1.43. The lowest BCUT2D eigenvalue weighted by Crippen LogP contribution is -2.28. The minimum absolute atomic E-state index is 0.0274. The number of fused-ring (bicyclic) bond motifs is 3. The van der Waals surface area contributed by atoms with E-state index < -0.39 is 0 Å². The van der Waals surface area contributed by atoms with E-state index in [-0.39, 0.29) is 18.0 Å². The number of benzene rings is 1. The third-order valence-electron chi connectivity index (χ3n) is 5.65. The third-order valence-corrected chi connectivity index (χ3v) is 6.82. The lowest BCUT2D eigenvalue weighted by Gasteiger charge is -2.17. The Kier molecular flexibility index (Phi) is 5.81. The van der Waals surface area contributed by atoms with E-state index in [0.717, 1.165) is 54.6 Å². The average Bonchev–Trinajstić information content (AvgIpc) is 3.07. The summed E-state index contributed by atoms with van der Waals surface area (Å²) in [7, 11) is 0. The van der Waals surface area contributed by atoms with Crippen molar-refractivity contribution in [2.24, 2.45) is 5.92 Å². The molecule has 1 atom stereocenters. The van der Waals surface area contributed by atoms with Crippen LogP contribution in [-0.2, 0) is 30.6 Å². The van der Waals surface area contributed by atoms with Gasteiger partial charge in [0.05, 0.1) is 11.7 Å². The van der Waals surface area contributed by atoms with E-state index in [1.807, 2.05) is 24.3 Å². The van der Waals surface area contributed by atoms with Gasteiger partial charge in [0.1, 0.15) is 11.4 Å². The van der Waals surface area contributed by atoms with Gasteiger partial charge in [0.25, 0.3) is 5.56 Å². The number of rotatable bonds is 6. The maximum atomic E-state index is 13.0. The smallest absolute Gasteiger partial charge is 0.262 e. The molecule has 1 unspecified atom stereocenters. The molecule has 4 rings (SSSR count). The van der Waals surface area contributed by atoms with Gasteiger partial charge in [-0.25, -0.2) is 4.98 Å². The van der Waals surface area contributed by atoms with Crippen LogP contribution in [0.25, 0.3) is 10.2 Å². The van der Waals surface area contributed by atoms with E-state index in [2.05, 4.69) is 24.1 Å². The molecule has 1 amide bonds. The molecule has 2 heterocycles. The average molecular weight is 410 g/mol. The van der Waals surface area contributed by atoms with Crippen molar-refractivity contribution in [3.05, 3.63) is 57.0 Å². The summed E-state index contributed by atoms with van der Waals surface area (Å²) >= 11 is 1.63. The Balaban J connectivity index is 1.49. The number of carbonyl (C=O) groups excluding carboxylic acids is 1. The molecular formula is C23H27N3O2S. The Bertz CT molecular complexity index is 1080. The van der Waals surface area contributed by atoms with Crippen LogP contribution in [0.15, 0.2) is 35.4 Å². The van der Waals surface area contributed by atoms with Crippen LogP contribution >= 0.6 is 11.3 Å².